The Balaban J connectivity index is 0.785. The third kappa shape index (κ3) is 11.1. The van der Waals surface area contributed by atoms with Gasteiger partial charge >= 0.3 is 0 Å². The van der Waals surface area contributed by atoms with E-state index in [9.17, 15) is 24.3 Å². The lowest BCUT2D eigenvalue weighted by Gasteiger charge is -2.35. The number of nitrogens with zero attached hydrogens (tertiary/aromatic N) is 8. The zero-order valence-corrected chi connectivity index (χ0v) is 45.0. The molecule has 1 saturated heterocycles. The number of fused-ring (bicyclic) bond motifs is 3. The first kappa shape index (κ1) is 52.0. The Kier molecular flexibility index (Phi) is 15.1. The minimum atomic E-state index is -0.962. The van der Waals surface area contributed by atoms with Crippen molar-refractivity contribution in [1.82, 2.24) is 50.1 Å². The van der Waals surface area contributed by atoms with E-state index in [0.717, 1.165) is 71.7 Å². The number of carbonyl (C=O) groups is 4. The zero-order chi connectivity index (χ0) is 52.6. The molecule has 3 aromatic carbocycles. The Morgan fingerprint density at radius 2 is 1.58 bits per heavy atom. The first-order chi connectivity index (χ1) is 35.3. The number of thiazole rings is 1. The summed E-state index contributed by atoms with van der Waals surface area (Å²) in [5.74, 6) is 0.0148. The number of aliphatic hydroxyl groups is 1. The van der Waals surface area contributed by atoms with E-state index in [2.05, 4.69) is 50.0 Å². The predicted molar refractivity (Wildman–Crippen MR) is 289 cm³/mol. The van der Waals surface area contributed by atoms with Crippen LogP contribution >= 0.6 is 34.3 Å². The first-order valence-corrected chi connectivity index (χ1v) is 26.7. The average Bonchev–Trinajstić information content (AvgIpc) is 4.21. The number of thiophene rings is 1. The van der Waals surface area contributed by atoms with Gasteiger partial charge < -0.3 is 30.5 Å². The molecule has 6 heterocycles. The van der Waals surface area contributed by atoms with Gasteiger partial charge in [0.2, 0.25) is 23.6 Å². The molecule has 4 amide bonds. The van der Waals surface area contributed by atoms with Crippen LogP contribution in [0.3, 0.4) is 0 Å². The van der Waals surface area contributed by atoms with E-state index in [1.807, 2.05) is 135 Å². The van der Waals surface area contributed by atoms with Crippen LogP contribution in [0.2, 0.25) is 5.02 Å². The molecule has 0 aliphatic carbocycles. The fraction of sp³-hybridized carbons (Fsp3) is 0.364. The number of aliphatic imine (C=N–C) groups is 1. The number of amides is 4. The van der Waals surface area contributed by atoms with Gasteiger partial charge in [-0.3, -0.25) is 28.7 Å². The van der Waals surface area contributed by atoms with E-state index in [1.54, 1.807) is 29.0 Å². The molecule has 5 atom stereocenters. The van der Waals surface area contributed by atoms with Crippen LogP contribution in [-0.2, 0) is 32.1 Å². The number of carbonyl (C=O) groups excluding carboxylic acids is 4. The highest BCUT2D eigenvalue weighted by atomic mass is 35.5. The van der Waals surface area contributed by atoms with Gasteiger partial charge in [-0.25, -0.2) is 9.97 Å². The average molecular weight is 1050 g/mol. The lowest BCUT2D eigenvalue weighted by Crippen LogP contribution is -2.58. The molecule has 2 aliphatic rings. The van der Waals surface area contributed by atoms with Crippen LogP contribution in [0.25, 0.3) is 26.7 Å². The molecule has 4 aromatic heterocycles. The van der Waals surface area contributed by atoms with E-state index < -0.39 is 35.6 Å². The summed E-state index contributed by atoms with van der Waals surface area (Å²) in [6.45, 7) is 16.3. The summed E-state index contributed by atoms with van der Waals surface area (Å²) in [4.78, 5) is 73.1. The fourth-order valence-electron chi connectivity index (χ4n) is 9.54. The lowest BCUT2D eigenvalue weighted by atomic mass is 9.85. The normalized spacial score (nSPS) is 17.2. The standard InChI is InChI=1S/C55H60ClN11O5S2/c1-30-33(4)74-54-47(30)48(38-17-19-40(56)20-18-38)61-42(51-64-63-34(5)67(51)54)25-45(69)57-21-22-65-27-43(58-28-65)37-11-9-35(10-12-37)23-46(70)62-50(55(6,7)8)53(72)66-26-41(68)24-44(66)52(71)60-31(2)36-13-15-39(16-14-36)49-32(3)59-29-73-49/h9-20,27-29,31,41-42,44,50,68H,21-26H2,1-8H3,(H,57,69)(H,60,71)(H,62,70)/t31-,41+,42-,44-,50?/m0/s1. The summed E-state index contributed by atoms with van der Waals surface area (Å²) in [6.07, 6.45) is 2.91. The van der Waals surface area contributed by atoms with Crippen molar-refractivity contribution in [1.29, 1.82) is 0 Å². The molecule has 0 radical (unpaired) electrons. The van der Waals surface area contributed by atoms with Crippen LogP contribution in [0, 0.1) is 33.1 Å². The largest absolute Gasteiger partial charge is 0.391 e. The summed E-state index contributed by atoms with van der Waals surface area (Å²) >= 11 is 9.50. The summed E-state index contributed by atoms with van der Waals surface area (Å²) in [5.41, 5.74) is 10.1. The van der Waals surface area contributed by atoms with Crippen LogP contribution in [0.4, 0.5) is 0 Å². The molecule has 0 saturated carbocycles. The van der Waals surface area contributed by atoms with Crippen LogP contribution in [0.5, 0.6) is 0 Å². The molecule has 1 fully saturated rings. The molecule has 7 aromatic rings. The summed E-state index contributed by atoms with van der Waals surface area (Å²) in [7, 11) is 0. The van der Waals surface area contributed by atoms with E-state index in [-0.39, 0.29) is 49.6 Å². The van der Waals surface area contributed by atoms with Crippen molar-refractivity contribution in [3.63, 3.8) is 0 Å². The minimum absolute atomic E-state index is 0.0144. The number of hydrogen-bond donors (Lipinski definition) is 4. The number of likely N-dealkylation sites (tertiary alicyclic amines) is 1. The summed E-state index contributed by atoms with van der Waals surface area (Å²) < 4.78 is 3.93. The number of hydrogen-bond acceptors (Lipinski definition) is 12. The molecule has 1 unspecified atom stereocenters. The van der Waals surface area contributed by atoms with E-state index in [4.69, 9.17) is 16.6 Å². The molecule has 4 N–H and O–H groups in total. The number of aryl methyl sites for hydroxylation is 3. The fourth-order valence-corrected chi connectivity index (χ4v) is 11.7. The van der Waals surface area contributed by atoms with Crippen molar-refractivity contribution in [2.24, 2.45) is 10.4 Å². The maximum Gasteiger partial charge on any atom is 0.246 e. The van der Waals surface area contributed by atoms with Crippen LogP contribution in [-0.4, -0.2) is 99.9 Å². The van der Waals surface area contributed by atoms with Gasteiger partial charge in [-0.1, -0.05) is 93.0 Å². The molecule has 74 heavy (non-hydrogen) atoms. The molecular weight excluding hydrogens is 994 g/mol. The van der Waals surface area contributed by atoms with Gasteiger partial charge in [0, 0.05) is 58.8 Å². The number of halogens is 1. The summed E-state index contributed by atoms with van der Waals surface area (Å²) in [6, 6.07) is 20.2. The van der Waals surface area contributed by atoms with Gasteiger partial charge in [0.25, 0.3) is 0 Å². The Morgan fingerprint density at radius 3 is 2.27 bits per heavy atom. The van der Waals surface area contributed by atoms with Gasteiger partial charge in [0.1, 0.15) is 29.0 Å². The highest BCUT2D eigenvalue weighted by Gasteiger charge is 2.45. The number of aliphatic hydroxyl groups excluding tert-OH is 1. The van der Waals surface area contributed by atoms with Crippen molar-refractivity contribution in [3.8, 4) is 26.7 Å². The Hall–Kier alpha value is -6.86. The van der Waals surface area contributed by atoms with E-state index in [0.29, 0.717) is 23.9 Å². The zero-order valence-electron chi connectivity index (χ0n) is 42.6. The van der Waals surface area contributed by atoms with Gasteiger partial charge in [0.15, 0.2) is 5.82 Å². The second kappa shape index (κ2) is 21.5. The van der Waals surface area contributed by atoms with Crippen molar-refractivity contribution >= 4 is 63.6 Å². The molecule has 384 valence electrons. The van der Waals surface area contributed by atoms with Crippen LogP contribution in [0.1, 0.15) is 103 Å². The second-order valence-electron chi connectivity index (χ2n) is 20.2. The number of aromatic nitrogens is 6. The second-order valence-corrected chi connectivity index (χ2v) is 22.7. The molecule has 2 aliphatic heterocycles. The predicted octanol–water partition coefficient (Wildman–Crippen LogP) is 8.21. The topological polar surface area (TPSA) is 202 Å². The van der Waals surface area contributed by atoms with Gasteiger partial charge in [-0.15, -0.1) is 32.9 Å². The van der Waals surface area contributed by atoms with Crippen LogP contribution < -0.4 is 16.0 Å². The van der Waals surface area contributed by atoms with Gasteiger partial charge in [0.05, 0.1) is 58.8 Å². The highest BCUT2D eigenvalue weighted by Crippen LogP contribution is 2.40. The molecule has 0 bridgehead atoms. The van der Waals surface area contributed by atoms with E-state index >= 15 is 0 Å². The maximum absolute atomic E-state index is 14.3. The number of β-amino-alcohol motifs (C(OH)–C–C–N with tert-alkyl or cyclic N) is 1. The van der Waals surface area contributed by atoms with Crippen LogP contribution in [0.15, 0.2) is 95.8 Å². The first-order valence-electron chi connectivity index (χ1n) is 24.7. The molecule has 0 spiro atoms. The third-order valence-corrected chi connectivity index (χ3v) is 16.2. The molecule has 19 heteroatoms. The molecular formula is C55H60ClN11O5S2. The molecule has 16 nitrogen and oxygen atoms in total. The Bertz CT molecular complexity index is 3240. The van der Waals surface area contributed by atoms with Crippen molar-refractivity contribution in [2.75, 3.05) is 13.1 Å². The van der Waals surface area contributed by atoms with Gasteiger partial charge in [-0.2, -0.15) is 0 Å². The van der Waals surface area contributed by atoms with Crippen molar-refractivity contribution < 1.29 is 24.3 Å². The quantitative estimate of drug-likeness (QED) is 0.0781. The lowest BCUT2D eigenvalue weighted by molar-refractivity contribution is -0.144. The number of nitrogens with one attached hydrogen (secondary N) is 3. The SMILES string of the molecule is Cc1ncsc1-c1ccc([C@H](C)NC(=O)[C@@H]2C[C@@H](O)CN2C(=O)C(NC(=O)Cc2ccc(-c3cn(CCNC(=O)C[C@@H]4N=C(c5ccc(Cl)cc5)c5c(sc(C)c5C)-n5c(C)nnc54)cn3)cc2)C(C)(C)C)cc1. The smallest absolute Gasteiger partial charge is 0.246 e. The minimum Gasteiger partial charge on any atom is -0.391 e. The summed E-state index contributed by atoms with van der Waals surface area (Å²) in [5, 5.41) is 30.3. The Labute approximate surface area is 443 Å². The van der Waals surface area contributed by atoms with Crippen molar-refractivity contribution in [2.45, 2.75) is 111 Å². The third-order valence-electron chi connectivity index (χ3n) is 13.7. The number of imidazole rings is 1. The Morgan fingerprint density at radius 1 is 0.878 bits per heavy atom. The van der Waals surface area contributed by atoms with Gasteiger partial charge in [-0.05, 0) is 74.4 Å². The number of rotatable bonds is 15. The maximum atomic E-state index is 14.3. The van der Waals surface area contributed by atoms with E-state index in [1.165, 1.54) is 9.78 Å². The monoisotopic (exact) mass is 1050 g/mol. The molecule has 9 rings (SSSR count). The number of benzene rings is 3. The van der Waals surface area contributed by atoms with Crippen molar-refractivity contribution in [3.05, 3.63) is 146 Å². The highest BCUT2D eigenvalue weighted by molar-refractivity contribution is 7.15.